The van der Waals surface area contributed by atoms with Gasteiger partial charge in [0.2, 0.25) is 5.91 Å². The SMILES string of the molecule is CN(CC(C)(CO)CO)C(=O)/C=C/c1ccc(F)cc1. The van der Waals surface area contributed by atoms with Crippen LogP contribution in [0.25, 0.3) is 6.08 Å². The van der Waals surface area contributed by atoms with Gasteiger partial charge in [0.05, 0.1) is 13.2 Å². The summed E-state index contributed by atoms with van der Waals surface area (Å²) in [6.07, 6.45) is 2.97. The van der Waals surface area contributed by atoms with Gasteiger partial charge in [-0.15, -0.1) is 0 Å². The van der Waals surface area contributed by atoms with E-state index in [4.69, 9.17) is 0 Å². The molecule has 0 radical (unpaired) electrons. The fourth-order valence-corrected chi connectivity index (χ4v) is 1.67. The molecular weight excluding hydrogens is 261 g/mol. The number of halogens is 1. The second kappa shape index (κ2) is 7.17. The van der Waals surface area contributed by atoms with Gasteiger partial charge in [0, 0.05) is 25.1 Å². The Balaban J connectivity index is 2.64. The van der Waals surface area contributed by atoms with Gasteiger partial charge in [0.25, 0.3) is 0 Å². The second-order valence-corrected chi connectivity index (χ2v) is 5.21. The minimum Gasteiger partial charge on any atom is -0.396 e. The van der Waals surface area contributed by atoms with Gasteiger partial charge in [-0.1, -0.05) is 19.1 Å². The van der Waals surface area contributed by atoms with Crippen molar-refractivity contribution in [3.05, 3.63) is 41.7 Å². The average Bonchev–Trinajstić information content (AvgIpc) is 2.46. The van der Waals surface area contributed by atoms with Gasteiger partial charge in [0.15, 0.2) is 0 Å². The Labute approximate surface area is 118 Å². The highest BCUT2D eigenvalue weighted by atomic mass is 19.1. The van der Waals surface area contributed by atoms with Crippen LogP contribution in [0, 0.1) is 11.2 Å². The summed E-state index contributed by atoms with van der Waals surface area (Å²) in [5.74, 6) is -0.574. The molecule has 5 heteroatoms. The number of amides is 1. The van der Waals surface area contributed by atoms with Crippen LogP contribution >= 0.6 is 0 Å². The fraction of sp³-hybridized carbons (Fsp3) is 0.400. The van der Waals surface area contributed by atoms with Crippen LogP contribution in [0.5, 0.6) is 0 Å². The molecule has 4 nitrogen and oxygen atoms in total. The number of carbonyl (C=O) groups excluding carboxylic acids is 1. The molecule has 0 saturated carbocycles. The summed E-state index contributed by atoms with van der Waals surface area (Å²) < 4.78 is 12.7. The number of rotatable bonds is 6. The van der Waals surface area contributed by atoms with Crippen molar-refractivity contribution in [2.24, 2.45) is 5.41 Å². The molecule has 0 aliphatic heterocycles. The first-order chi connectivity index (χ1) is 9.40. The summed E-state index contributed by atoms with van der Waals surface area (Å²) in [5, 5.41) is 18.4. The first-order valence-corrected chi connectivity index (χ1v) is 6.31. The summed E-state index contributed by atoms with van der Waals surface area (Å²) in [4.78, 5) is 13.3. The standard InChI is InChI=1S/C15H20FNO3/c1-15(10-18,11-19)9-17(2)14(20)8-5-12-3-6-13(16)7-4-12/h3-8,18-19H,9-11H2,1-2H3/b8-5+. The maximum atomic E-state index is 12.7. The predicted molar refractivity (Wildman–Crippen MR) is 75.3 cm³/mol. The molecule has 0 aromatic heterocycles. The highest BCUT2D eigenvalue weighted by Gasteiger charge is 2.25. The number of aliphatic hydroxyl groups is 2. The van der Waals surface area contributed by atoms with Crippen LogP contribution in [0.2, 0.25) is 0 Å². The summed E-state index contributed by atoms with van der Waals surface area (Å²) >= 11 is 0. The van der Waals surface area contributed by atoms with E-state index in [1.54, 1.807) is 32.2 Å². The molecule has 1 rings (SSSR count). The largest absolute Gasteiger partial charge is 0.396 e. The maximum Gasteiger partial charge on any atom is 0.246 e. The van der Waals surface area contributed by atoms with Crippen LogP contribution in [0.3, 0.4) is 0 Å². The number of hydrogen-bond acceptors (Lipinski definition) is 3. The average molecular weight is 281 g/mol. The van der Waals surface area contributed by atoms with E-state index in [0.29, 0.717) is 0 Å². The zero-order valence-corrected chi connectivity index (χ0v) is 11.7. The lowest BCUT2D eigenvalue weighted by Gasteiger charge is -2.29. The Morgan fingerprint density at radius 3 is 2.35 bits per heavy atom. The fourth-order valence-electron chi connectivity index (χ4n) is 1.67. The molecule has 0 fully saturated rings. The van der Waals surface area contributed by atoms with Crippen molar-refractivity contribution >= 4 is 12.0 Å². The smallest absolute Gasteiger partial charge is 0.246 e. The summed E-state index contributed by atoms with van der Waals surface area (Å²) in [6.45, 7) is 1.53. The predicted octanol–water partition coefficient (Wildman–Crippen LogP) is 1.29. The molecule has 0 saturated heterocycles. The van der Waals surface area contributed by atoms with Crippen LogP contribution in [-0.2, 0) is 4.79 Å². The molecule has 0 aliphatic carbocycles. The zero-order chi connectivity index (χ0) is 15.2. The van der Waals surface area contributed by atoms with Crippen LogP contribution in [-0.4, -0.2) is 47.8 Å². The van der Waals surface area contributed by atoms with Gasteiger partial charge < -0.3 is 15.1 Å². The number of hydrogen-bond donors (Lipinski definition) is 2. The molecule has 0 bridgehead atoms. The quantitative estimate of drug-likeness (QED) is 0.772. The molecule has 0 spiro atoms. The Morgan fingerprint density at radius 1 is 1.30 bits per heavy atom. The van der Waals surface area contributed by atoms with Gasteiger partial charge in [-0.05, 0) is 23.8 Å². The highest BCUT2D eigenvalue weighted by molar-refractivity contribution is 5.91. The minimum absolute atomic E-state index is 0.206. The molecule has 0 atom stereocenters. The van der Waals surface area contributed by atoms with E-state index in [1.165, 1.54) is 23.1 Å². The molecule has 20 heavy (non-hydrogen) atoms. The number of benzene rings is 1. The van der Waals surface area contributed by atoms with E-state index < -0.39 is 5.41 Å². The summed E-state index contributed by atoms with van der Waals surface area (Å²) in [5.41, 5.74) is -0.00562. The van der Waals surface area contributed by atoms with Gasteiger partial charge in [-0.2, -0.15) is 0 Å². The van der Waals surface area contributed by atoms with Gasteiger partial charge >= 0.3 is 0 Å². The molecule has 1 aromatic carbocycles. The van der Waals surface area contributed by atoms with E-state index in [1.807, 2.05) is 0 Å². The van der Waals surface area contributed by atoms with E-state index >= 15 is 0 Å². The Morgan fingerprint density at radius 2 is 1.85 bits per heavy atom. The Bertz CT molecular complexity index is 467. The van der Waals surface area contributed by atoms with E-state index in [0.717, 1.165) is 5.56 Å². The topological polar surface area (TPSA) is 60.8 Å². The van der Waals surface area contributed by atoms with Crippen LogP contribution in [0.4, 0.5) is 4.39 Å². The molecule has 0 heterocycles. The van der Waals surface area contributed by atoms with Crippen molar-refractivity contribution in [3.8, 4) is 0 Å². The first-order valence-electron chi connectivity index (χ1n) is 6.31. The minimum atomic E-state index is -0.728. The normalized spacial score (nSPS) is 11.8. The molecule has 0 unspecified atom stereocenters. The molecule has 1 amide bonds. The number of carbonyl (C=O) groups is 1. The number of likely N-dealkylation sites (N-methyl/N-ethyl adjacent to an activating group) is 1. The third kappa shape index (κ3) is 4.75. The summed E-state index contributed by atoms with van der Waals surface area (Å²) in [6, 6.07) is 5.79. The van der Waals surface area contributed by atoms with Gasteiger partial charge in [-0.3, -0.25) is 4.79 Å². The monoisotopic (exact) mass is 281 g/mol. The molecule has 110 valence electrons. The van der Waals surface area contributed by atoms with Crippen molar-refractivity contribution in [2.45, 2.75) is 6.92 Å². The molecule has 0 aliphatic rings. The lowest BCUT2D eigenvalue weighted by Crippen LogP contribution is -2.41. The van der Waals surface area contributed by atoms with E-state index in [-0.39, 0.29) is 31.5 Å². The summed E-state index contributed by atoms with van der Waals surface area (Å²) in [7, 11) is 1.60. The Hall–Kier alpha value is -1.72. The second-order valence-electron chi connectivity index (χ2n) is 5.21. The van der Waals surface area contributed by atoms with Crippen LogP contribution < -0.4 is 0 Å². The van der Waals surface area contributed by atoms with Gasteiger partial charge in [-0.25, -0.2) is 4.39 Å². The van der Waals surface area contributed by atoms with Crippen LogP contribution in [0.15, 0.2) is 30.3 Å². The highest BCUT2D eigenvalue weighted by Crippen LogP contribution is 2.15. The van der Waals surface area contributed by atoms with Crippen molar-refractivity contribution in [3.63, 3.8) is 0 Å². The first kappa shape index (κ1) is 16.3. The zero-order valence-electron chi connectivity index (χ0n) is 11.7. The third-order valence-electron chi connectivity index (χ3n) is 3.05. The van der Waals surface area contributed by atoms with Crippen LogP contribution in [0.1, 0.15) is 12.5 Å². The number of aliphatic hydroxyl groups excluding tert-OH is 2. The maximum absolute atomic E-state index is 12.7. The lowest BCUT2D eigenvalue weighted by atomic mass is 9.92. The van der Waals surface area contributed by atoms with Crippen molar-refractivity contribution in [1.82, 2.24) is 4.90 Å². The lowest BCUT2D eigenvalue weighted by molar-refractivity contribution is -0.126. The van der Waals surface area contributed by atoms with E-state index in [2.05, 4.69) is 0 Å². The van der Waals surface area contributed by atoms with Crippen molar-refractivity contribution in [2.75, 3.05) is 26.8 Å². The number of nitrogens with zero attached hydrogens (tertiary/aromatic N) is 1. The molecule has 1 aromatic rings. The third-order valence-corrected chi connectivity index (χ3v) is 3.05. The van der Waals surface area contributed by atoms with E-state index in [9.17, 15) is 19.4 Å². The molecular formula is C15H20FNO3. The van der Waals surface area contributed by atoms with Crippen molar-refractivity contribution < 1.29 is 19.4 Å². The molecule has 2 N–H and O–H groups in total. The van der Waals surface area contributed by atoms with Crippen molar-refractivity contribution in [1.29, 1.82) is 0 Å². The Kier molecular flexibility index (Phi) is 5.85. The van der Waals surface area contributed by atoms with Gasteiger partial charge in [0.1, 0.15) is 5.82 Å².